The van der Waals surface area contributed by atoms with Crippen LogP contribution in [0, 0.1) is 5.92 Å². The monoisotopic (exact) mass is 195 g/mol. The zero-order chi connectivity index (χ0) is 10.6. The quantitative estimate of drug-likeness (QED) is 0.802. The number of ether oxygens (including phenoxy) is 1. The zero-order valence-electron chi connectivity index (χ0n) is 8.95. The molecule has 1 heterocycles. The van der Waals surface area contributed by atoms with Gasteiger partial charge < -0.3 is 9.84 Å². The Hall–Kier alpha value is -1.25. The largest absolute Gasteiger partial charge is 0.506 e. The molecule has 0 spiro atoms. The Balaban J connectivity index is 2.85. The average molecular weight is 195 g/mol. The van der Waals surface area contributed by atoms with E-state index in [-0.39, 0.29) is 5.75 Å². The third-order valence-electron chi connectivity index (χ3n) is 2.37. The highest BCUT2D eigenvalue weighted by atomic mass is 16.5. The van der Waals surface area contributed by atoms with E-state index in [1.165, 1.54) is 6.20 Å². The van der Waals surface area contributed by atoms with E-state index < -0.39 is 0 Å². The van der Waals surface area contributed by atoms with E-state index in [9.17, 15) is 5.11 Å². The molecule has 1 aromatic heterocycles. The second-order valence-electron chi connectivity index (χ2n) is 3.56. The number of pyridine rings is 1. The molecule has 0 aliphatic carbocycles. The van der Waals surface area contributed by atoms with Gasteiger partial charge in [0, 0.05) is 6.07 Å². The maximum absolute atomic E-state index is 9.22. The molecular weight excluding hydrogens is 178 g/mol. The van der Waals surface area contributed by atoms with Crippen LogP contribution < -0.4 is 4.74 Å². The lowest BCUT2D eigenvalue weighted by atomic mass is 10.0. The van der Waals surface area contributed by atoms with Crippen LogP contribution in [-0.4, -0.2) is 17.2 Å². The summed E-state index contributed by atoms with van der Waals surface area (Å²) in [5.41, 5.74) is 0.916. The Bertz CT molecular complexity index is 299. The van der Waals surface area contributed by atoms with Gasteiger partial charge >= 0.3 is 0 Å². The molecule has 0 aliphatic heterocycles. The summed E-state index contributed by atoms with van der Waals surface area (Å²) in [5, 5.41) is 9.22. The van der Waals surface area contributed by atoms with Gasteiger partial charge in [0.2, 0.25) is 0 Å². The van der Waals surface area contributed by atoms with Crippen molar-refractivity contribution in [2.45, 2.75) is 26.7 Å². The molecule has 0 saturated heterocycles. The van der Waals surface area contributed by atoms with Gasteiger partial charge in [-0.15, -0.1) is 0 Å². The lowest BCUT2D eigenvalue weighted by Gasteiger charge is -2.11. The van der Waals surface area contributed by atoms with Gasteiger partial charge in [-0.1, -0.05) is 20.3 Å². The van der Waals surface area contributed by atoms with Crippen LogP contribution in [0.2, 0.25) is 0 Å². The van der Waals surface area contributed by atoms with Gasteiger partial charge in [0.15, 0.2) is 0 Å². The zero-order valence-corrected chi connectivity index (χ0v) is 8.95. The Morgan fingerprint density at radius 2 is 2.29 bits per heavy atom. The van der Waals surface area contributed by atoms with Crippen LogP contribution in [0.5, 0.6) is 11.5 Å². The van der Waals surface area contributed by atoms with Crippen LogP contribution in [0.4, 0.5) is 0 Å². The third kappa shape index (κ3) is 2.62. The summed E-state index contributed by atoms with van der Waals surface area (Å²) in [5.74, 6) is 1.40. The molecule has 3 nitrogen and oxygen atoms in total. The molecule has 0 saturated carbocycles. The van der Waals surface area contributed by atoms with Gasteiger partial charge in [-0.25, -0.2) is 0 Å². The number of hydrogen-bond acceptors (Lipinski definition) is 3. The highest BCUT2D eigenvalue weighted by Crippen LogP contribution is 2.24. The van der Waals surface area contributed by atoms with Crippen molar-refractivity contribution in [2.75, 3.05) is 7.11 Å². The molecule has 14 heavy (non-hydrogen) atoms. The molecule has 0 bridgehead atoms. The average Bonchev–Trinajstić information content (AvgIpc) is 2.20. The molecule has 1 aromatic rings. The van der Waals surface area contributed by atoms with E-state index >= 15 is 0 Å². The first-order valence-electron chi connectivity index (χ1n) is 4.89. The van der Waals surface area contributed by atoms with E-state index in [4.69, 9.17) is 4.74 Å². The van der Waals surface area contributed by atoms with Crippen molar-refractivity contribution >= 4 is 0 Å². The Labute approximate surface area is 84.7 Å². The number of aromatic hydroxyl groups is 1. The van der Waals surface area contributed by atoms with Crippen molar-refractivity contribution in [1.29, 1.82) is 0 Å². The molecule has 0 fully saturated rings. The second-order valence-corrected chi connectivity index (χ2v) is 3.56. The summed E-state index contributed by atoms with van der Waals surface area (Å²) in [4.78, 5) is 4.16. The van der Waals surface area contributed by atoms with Crippen LogP contribution in [0.25, 0.3) is 0 Å². The van der Waals surface area contributed by atoms with Crippen LogP contribution >= 0.6 is 0 Å². The minimum atomic E-state index is 0.148. The van der Waals surface area contributed by atoms with Gasteiger partial charge in [0.05, 0.1) is 19.0 Å². The van der Waals surface area contributed by atoms with E-state index in [0.717, 1.165) is 18.5 Å². The maximum Gasteiger partial charge on any atom is 0.144 e. The molecule has 1 unspecified atom stereocenters. The fourth-order valence-electron chi connectivity index (χ4n) is 1.27. The minimum absolute atomic E-state index is 0.148. The summed E-state index contributed by atoms with van der Waals surface area (Å²) in [6.45, 7) is 4.32. The molecule has 0 radical (unpaired) electrons. The topological polar surface area (TPSA) is 42.4 Å². The van der Waals surface area contributed by atoms with E-state index in [0.29, 0.717) is 11.7 Å². The maximum atomic E-state index is 9.22. The standard InChI is InChI=1S/C11H17NO2/c1-4-8(2)5-10-11(14-3)6-9(13)7-12-10/h6-8,13H,4-5H2,1-3H3. The lowest BCUT2D eigenvalue weighted by Crippen LogP contribution is -2.02. The number of nitrogens with zero attached hydrogens (tertiary/aromatic N) is 1. The molecule has 78 valence electrons. The normalized spacial score (nSPS) is 12.5. The first-order chi connectivity index (χ1) is 6.67. The highest BCUT2D eigenvalue weighted by Gasteiger charge is 2.09. The first-order valence-corrected chi connectivity index (χ1v) is 4.89. The summed E-state index contributed by atoms with van der Waals surface area (Å²) < 4.78 is 5.15. The molecule has 1 N–H and O–H groups in total. The third-order valence-corrected chi connectivity index (χ3v) is 2.37. The Morgan fingerprint density at radius 3 is 2.86 bits per heavy atom. The van der Waals surface area contributed by atoms with Crippen molar-refractivity contribution in [3.63, 3.8) is 0 Å². The first kappa shape index (κ1) is 10.8. The van der Waals surface area contributed by atoms with Crippen molar-refractivity contribution in [2.24, 2.45) is 5.92 Å². The summed E-state index contributed by atoms with van der Waals surface area (Å²) in [6.07, 6.45) is 3.46. The van der Waals surface area contributed by atoms with Gasteiger partial charge in [-0.05, 0) is 12.3 Å². The number of methoxy groups -OCH3 is 1. The second kappa shape index (κ2) is 4.84. The lowest BCUT2D eigenvalue weighted by molar-refractivity contribution is 0.393. The number of rotatable bonds is 4. The van der Waals surface area contributed by atoms with Crippen molar-refractivity contribution in [3.8, 4) is 11.5 Å². The predicted molar refractivity (Wildman–Crippen MR) is 55.6 cm³/mol. The number of hydrogen-bond donors (Lipinski definition) is 1. The molecule has 0 aliphatic rings. The molecule has 1 atom stereocenters. The highest BCUT2D eigenvalue weighted by molar-refractivity contribution is 5.34. The van der Waals surface area contributed by atoms with Gasteiger partial charge in [0.1, 0.15) is 11.5 Å². The Kier molecular flexibility index (Phi) is 3.74. The molecule has 0 aromatic carbocycles. The van der Waals surface area contributed by atoms with E-state index in [1.54, 1.807) is 13.2 Å². The summed E-state index contributed by atoms with van der Waals surface area (Å²) in [7, 11) is 1.59. The fraction of sp³-hybridized carbons (Fsp3) is 0.545. The Morgan fingerprint density at radius 1 is 1.57 bits per heavy atom. The van der Waals surface area contributed by atoms with Crippen molar-refractivity contribution in [1.82, 2.24) is 4.98 Å². The predicted octanol–water partition coefficient (Wildman–Crippen LogP) is 2.38. The van der Waals surface area contributed by atoms with Crippen LogP contribution in [0.15, 0.2) is 12.3 Å². The summed E-state index contributed by atoms with van der Waals surface area (Å²) in [6, 6.07) is 1.60. The van der Waals surface area contributed by atoms with Gasteiger partial charge in [-0.2, -0.15) is 0 Å². The summed E-state index contributed by atoms with van der Waals surface area (Å²) >= 11 is 0. The SMILES string of the molecule is CCC(C)Cc1ncc(O)cc1OC. The molecule has 3 heteroatoms. The molecular formula is C11H17NO2. The van der Waals surface area contributed by atoms with Crippen LogP contribution in [0.1, 0.15) is 26.0 Å². The van der Waals surface area contributed by atoms with Gasteiger partial charge in [-0.3, -0.25) is 4.98 Å². The van der Waals surface area contributed by atoms with Crippen LogP contribution in [-0.2, 0) is 6.42 Å². The fourth-order valence-corrected chi connectivity index (χ4v) is 1.27. The molecule has 1 rings (SSSR count). The molecule has 0 amide bonds. The minimum Gasteiger partial charge on any atom is -0.506 e. The van der Waals surface area contributed by atoms with Crippen LogP contribution in [0.3, 0.4) is 0 Å². The number of aromatic nitrogens is 1. The van der Waals surface area contributed by atoms with E-state index in [2.05, 4.69) is 18.8 Å². The van der Waals surface area contributed by atoms with Crippen molar-refractivity contribution in [3.05, 3.63) is 18.0 Å². The van der Waals surface area contributed by atoms with Gasteiger partial charge in [0.25, 0.3) is 0 Å². The smallest absolute Gasteiger partial charge is 0.144 e. The van der Waals surface area contributed by atoms with E-state index in [1.807, 2.05) is 0 Å². The van der Waals surface area contributed by atoms with Crippen molar-refractivity contribution < 1.29 is 9.84 Å².